The first-order valence-corrected chi connectivity index (χ1v) is 9.15. The summed E-state index contributed by atoms with van der Waals surface area (Å²) in [6, 6.07) is 1.73. The Morgan fingerprint density at radius 2 is 1.96 bits per heavy atom. The maximum absolute atomic E-state index is 12.6. The van der Waals surface area contributed by atoms with E-state index >= 15 is 0 Å². The highest BCUT2D eigenvalue weighted by molar-refractivity contribution is 7.90. The molecule has 2 aromatic heterocycles. The third-order valence-electron chi connectivity index (χ3n) is 3.83. The van der Waals surface area contributed by atoms with E-state index in [0.29, 0.717) is 32.2 Å². The van der Waals surface area contributed by atoms with Crippen molar-refractivity contribution in [2.75, 3.05) is 4.72 Å². The molecule has 0 saturated heterocycles. The quantitative estimate of drug-likeness (QED) is 0.711. The Balaban J connectivity index is 1.79. The molecule has 1 aromatic carbocycles. The van der Waals surface area contributed by atoms with E-state index in [2.05, 4.69) is 19.7 Å². The Morgan fingerprint density at radius 3 is 2.71 bits per heavy atom. The van der Waals surface area contributed by atoms with Crippen molar-refractivity contribution in [2.45, 2.75) is 13.1 Å². The van der Waals surface area contributed by atoms with Gasteiger partial charge in [-0.3, -0.25) is 4.72 Å². The van der Waals surface area contributed by atoms with Gasteiger partial charge >= 0.3 is 10.2 Å². The minimum Gasteiger partial charge on any atom is -0.358 e. The monoisotopic (exact) mass is 383 g/mol. The van der Waals surface area contributed by atoms with Crippen LogP contribution in [-0.4, -0.2) is 27.7 Å². The largest absolute Gasteiger partial charge is 0.358 e. The van der Waals surface area contributed by atoms with E-state index in [1.165, 1.54) is 10.6 Å². The Morgan fingerprint density at radius 1 is 1.21 bits per heavy atom. The lowest BCUT2D eigenvalue weighted by Crippen LogP contribution is -2.39. The van der Waals surface area contributed by atoms with E-state index < -0.39 is 10.2 Å². The van der Waals surface area contributed by atoms with Crippen LogP contribution in [0.3, 0.4) is 0 Å². The lowest BCUT2D eigenvalue weighted by atomic mass is 10.1. The number of halogens is 2. The van der Waals surface area contributed by atoms with Gasteiger partial charge in [-0.05, 0) is 11.6 Å². The third-order valence-corrected chi connectivity index (χ3v) is 5.83. The third kappa shape index (κ3) is 2.51. The van der Waals surface area contributed by atoms with Gasteiger partial charge in [0.2, 0.25) is 0 Å². The summed E-state index contributed by atoms with van der Waals surface area (Å²) in [5.41, 5.74) is 2.51. The van der Waals surface area contributed by atoms with Crippen LogP contribution < -0.4 is 4.72 Å². The first-order chi connectivity index (χ1) is 11.5. The summed E-state index contributed by atoms with van der Waals surface area (Å²) in [5.74, 6) is 0. The van der Waals surface area contributed by atoms with Gasteiger partial charge in [0.15, 0.2) is 0 Å². The molecular weight excluding hydrogens is 373 g/mol. The molecule has 0 spiro atoms. The number of nitrogens with one attached hydrogen (secondary N) is 2. The van der Waals surface area contributed by atoms with E-state index in [-0.39, 0.29) is 13.1 Å². The fourth-order valence-corrected chi connectivity index (χ4v) is 4.63. The second-order valence-corrected chi connectivity index (χ2v) is 7.89. The van der Waals surface area contributed by atoms with Gasteiger partial charge in [0, 0.05) is 42.6 Å². The molecule has 24 heavy (non-hydrogen) atoms. The fourth-order valence-electron chi connectivity index (χ4n) is 2.75. The lowest BCUT2D eigenvalue weighted by molar-refractivity contribution is 0.399. The first kappa shape index (κ1) is 15.6. The predicted octanol–water partition coefficient (Wildman–Crippen LogP) is 2.94. The summed E-state index contributed by atoms with van der Waals surface area (Å²) in [6.45, 7) is 0.350. The van der Waals surface area contributed by atoms with Crippen molar-refractivity contribution in [1.82, 2.24) is 19.3 Å². The molecule has 3 aromatic rings. The van der Waals surface area contributed by atoms with Crippen LogP contribution in [-0.2, 0) is 23.3 Å². The SMILES string of the molecule is O=S1(=O)Nc2c(cc(Cl)c3c(Cl)c[nH]c23)CN1Cc1cncnc1. The summed E-state index contributed by atoms with van der Waals surface area (Å²) < 4.78 is 29.1. The van der Waals surface area contributed by atoms with Crippen LogP contribution in [0.15, 0.2) is 31.0 Å². The molecular formula is C14H11Cl2N5O2S. The number of aromatic nitrogens is 3. The highest BCUT2D eigenvalue weighted by Gasteiger charge is 2.31. The molecule has 7 nitrogen and oxygen atoms in total. The average Bonchev–Trinajstić information content (AvgIpc) is 2.93. The van der Waals surface area contributed by atoms with Gasteiger partial charge in [-0.1, -0.05) is 23.2 Å². The number of nitrogens with zero attached hydrogens (tertiary/aromatic N) is 3. The van der Waals surface area contributed by atoms with Crippen LogP contribution in [0.4, 0.5) is 5.69 Å². The molecule has 124 valence electrons. The molecule has 1 aliphatic rings. The minimum absolute atomic E-state index is 0.163. The van der Waals surface area contributed by atoms with Gasteiger partial charge in [-0.2, -0.15) is 12.7 Å². The molecule has 4 rings (SSSR count). The van der Waals surface area contributed by atoms with Crippen molar-refractivity contribution in [2.24, 2.45) is 0 Å². The highest BCUT2D eigenvalue weighted by Crippen LogP contribution is 2.40. The van der Waals surface area contributed by atoms with Gasteiger partial charge in [-0.25, -0.2) is 9.97 Å². The number of benzene rings is 1. The maximum atomic E-state index is 12.6. The molecule has 3 heterocycles. The molecule has 0 amide bonds. The zero-order valence-corrected chi connectivity index (χ0v) is 14.5. The predicted molar refractivity (Wildman–Crippen MR) is 92.1 cm³/mol. The molecule has 0 saturated carbocycles. The van der Waals surface area contributed by atoms with E-state index in [0.717, 1.165) is 5.56 Å². The number of rotatable bonds is 2. The van der Waals surface area contributed by atoms with E-state index in [4.69, 9.17) is 23.2 Å². The van der Waals surface area contributed by atoms with Crippen LogP contribution in [0.25, 0.3) is 10.9 Å². The Hall–Kier alpha value is -1.87. The summed E-state index contributed by atoms with van der Waals surface area (Å²) in [6.07, 6.45) is 6.14. The molecule has 10 heteroatoms. The number of hydrogen-bond donors (Lipinski definition) is 2. The van der Waals surface area contributed by atoms with Gasteiger partial charge < -0.3 is 4.98 Å². The van der Waals surface area contributed by atoms with Crippen LogP contribution in [0, 0.1) is 0 Å². The summed E-state index contributed by atoms with van der Waals surface area (Å²) in [5, 5.41) is 1.52. The molecule has 0 fully saturated rings. The normalized spacial score (nSPS) is 16.8. The molecule has 0 radical (unpaired) electrons. The van der Waals surface area contributed by atoms with Gasteiger partial charge in [0.25, 0.3) is 0 Å². The Labute approximate surface area is 147 Å². The topological polar surface area (TPSA) is 91.0 Å². The standard InChI is InChI=1S/C14H11Cl2N5O2S/c15-10-1-9-6-21(5-8-2-17-7-18-3-8)24(22,23)20-13(9)14-12(10)11(16)4-19-14/h1-4,7,19-20H,5-6H2. The second-order valence-electron chi connectivity index (χ2n) is 5.40. The smallest absolute Gasteiger partial charge is 0.302 e. The number of anilines is 1. The van der Waals surface area contributed by atoms with Crippen molar-refractivity contribution < 1.29 is 8.42 Å². The lowest BCUT2D eigenvalue weighted by Gasteiger charge is -2.29. The van der Waals surface area contributed by atoms with Crippen LogP contribution >= 0.6 is 23.2 Å². The maximum Gasteiger partial charge on any atom is 0.302 e. The number of H-pyrrole nitrogens is 1. The summed E-state index contributed by atoms with van der Waals surface area (Å²) >= 11 is 12.4. The fraction of sp³-hybridized carbons (Fsp3) is 0.143. The zero-order valence-electron chi connectivity index (χ0n) is 12.1. The Kier molecular flexibility index (Phi) is 3.65. The van der Waals surface area contributed by atoms with E-state index in [9.17, 15) is 8.42 Å². The molecule has 2 N–H and O–H groups in total. The molecule has 0 bridgehead atoms. The van der Waals surface area contributed by atoms with E-state index in [1.54, 1.807) is 24.7 Å². The van der Waals surface area contributed by atoms with Crippen LogP contribution in [0.1, 0.15) is 11.1 Å². The molecule has 0 atom stereocenters. The van der Waals surface area contributed by atoms with Gasteiger partial charge in [-0.15, -0.1) is 0 Å². The zero-order chi connectivity index (χ0) is 16.9. The first-order valence-electron chi connectivity index (χ1n) is 6.95. The van der Waals surface area contributed by atoms with E-state index in [1.807, 2.05) is 0 Å². The number of fused-ring (bicyclic) bond motifs is 3. The minimum atomic E-state index is -3.71. The summed E-state index contributed by atoms with van der Waals surface area (Å²) in [4.78, 5) is 10.8. The highest BCUT2D eigenvalue weighted by atomic mass is 35.5. The van der Waals surface area contributed by atoms with Crippen molar-refractivity contribution in [3.8, 4) is 0 Å². The summed E-state index contributed by atoms with van der Waals surface area (Å²) in [7, 11) is -3.71. The number of hydrogen-bond acceptors (Lipinski definition) is 4. The molecule has 0 unspecified atom stereocenters. The van der Waals surface area contributed by atoms with Crippen LogP contribution in [0.5, 0.6) is 0 Å². The molecule has 0 aliphatic carbocycles. The van der Waals surface area contributed by atoms with Crippen molar-refractivity contribution in [3.05, 3.63) is 52.2 Å². The van der Waals surface area contributed by atoms with Gasteiger partial charge in [0.1, 0.15) is 6.33 Å². The Bertz CT molecular complexity index is 1040. The average molecular weight is 384 g/mol. The number of aromatic amines is 1. The van der Waals surface area contributed by atoms with Gasteiger partial charge in [0.05, 0.1) is 21.2 Å². The molecule has 1 aliphatic heterocycles. The van der Waals surface area contributed by atoms with Crippen molar-refractivity contribution in [1.29, 1.82) is 0 Å². The second kappa shape index (κ2) is 5.59. The van der Waals surface area contributed by atoms with Crippen LogP contribution in [0.2, 0.25) is 10.0 Å². The van der Waals surface area contributed by atoms with Crippen molar-refractivity contribution in [3.63, 3.8) is 0 Å². The van der Waals surface area contributed by atoms with Crippen molar-refractivity contribution >= 4 is 50.0 Å².